The number of hydrogen-bond donors (Lipinski definition) is 1. The third kappa shape index (κ3) is 4.72. The summed E-state index contributed by atoms with van der Waals surface area (Å²) < 4.78 is 15.9. The smallest absolute Gasteiger partial charge is 0.251 e. The van der Waals surface area contributed by atoms with Crippen LogP contribution in [0.4, 0.5) is 4.39 Å². The Labute approximate surface area is 176 Å². The van der Waals surface area contributed by atoms with Gasteiger partial charge in [-0.3, -0.25) is 4.79 Å². The Hall–Kier alpha value is -3.09. The van der Waals surface area contributed by atoms with Gasteiger partial charge in [0.15, 0.2) is 5.82 Å². The van der Waals surface area contributed by atoms with Crippen molar-refractivity contribution in [2.45, 2.75) is 59.4 Å². The number of halogens is 1. The molecule has 7 heteroatoms. The van der Waals surface area contributed by atoms with Gasteiger partial charge in [0.05, 0.1) is 5.69 Å². The lowest BCUT2D eigenvalue weighted by Crippen LogP contribution is -2.40. The Kier molecular flexibility index (Phi) is 5.50. The van der Waals surface area contributed by atoms with E-state index in [1.165, 1.54) is 6.07 Å². The van der Waals surface area contributed by atoms with Crippen LogP contribution in [-0.2, 0) is 5.41 Å². The fourth-order valence-electron chi connectivity index (χ4n) is 3.05. The van der Waals surface area contributed by atoms with Crippen molar-refractivity contribution in [1.29, 1.82) is 0 Å². The lowest BCUT2D eigenvalue weighted by Gasteiger charge is -2.21. The Morgan fingerprint density at radius 2 is 1.70 bits per heavy atom. The van der Waals surface area contributed by atoms with Gasteiger partial charge in [-0.2, -0.15) is 4.68 Å². The standard InChI is InChI=1S/C23H28FN5O/c1-14-8-9-15(13-19(14)24)16-10-17(20(30)25-23(5,6)7)12-18(11-16)29-21(22(2,3)4)26-27-28-29/h8-13H,1-7H3,(H,25,30). The summed E-state index contributed by atoms with van der Waals surface area (Å²) in [5.41, 5.74) is 2.35. The lowest BCUT2D eigenvalue weighted by molar-refractivity contribution is 0.0919. The number of amides is 1. The highest BCUT2D eigenvalue weighted by atomic mass is 19.1. The number of nitrogens with zero attached hydrogens (tertiary/aromatic N) is 4. The highest BCUT2D eigenvalue weighted by Crippen LogP contribution is 2.28. The Morgan fingerprint density at radius 1 is 1.00 bits per heavy atom. The van der Waals surface area contributed by atoms with Gasteiger partial charge >= 0.3 is 0 Å². The molecule has 1 heterocycles. The Bertz CT molecular complexity index is 1090. The number of carbonyl (C=O) groups excluding carboxylic acids is 1. The molecule has 2 aromatic carbocycles. The van der Waals surface area contributed by atoms with Gasteiger partial charge in [0.2, 0.25) is 0 Å². The first-order valence-corrected chi connectivity index (χ1v) is 9.88. The van der Waals surface area contributed by atoms with E-state index in [-0.39, 0.29) is 17.1 Å². The van der Waals surface area contributed by atoms with Crippen molar-refractivity contribution >= 4 is 5.91 Å². The zero-order valence-electron chi connectivity index (χ0n) is 18.5. The maximum atomic E-state index is 14.2. The van der Waals surface area contributed by atoms with Gasteiger partial charge in [0.1, 0.15) is 5.82 Å². The molecule has 1 N–H and O–H groups in total. The van der Waals surface area contributed by atoms with Crippen LogP contribution in [0.1, 0.15) is 63.3 Å². The molecule has 30 heavy (non-hydrogen) atoms. The van der Waals surface area contributed by atoms with Gasteiger partial charge in [-0.1, -0.05) is 32.9 Å². The van der Waals surface area contributed by atoms with Crippen molar-refractivity contribution in [1.82, 2.24) is 25.5 Å². The van der Waals surface area contributed by atoms with Crippen LogP contribution in [0, 0.1) is 12.7 Å². The van der Waals surface area contributed by atoms with Crippen molar-refractivity contribution < 1.29 is 9.18 Å². The monoisotopic (exact) mass is 409 g/mol. The van der Waals surface area contributed by atoms with Gasteiger partial charge in [-0.25, -0.2) is 4.39 Å². The third-order valence-electron chi connectivity index (χ3n) is 4.56. The molecule has 0 radical (unpaired) electrons. The van der Waals surface area contributed by atoms with E-state index >= 15 is 0 Å². The number of rotatable bonds is 3. The van der Waals surface area contributed by atoms with Crippen LogP contribution in [0.5, 0.6) is 0 Å². The molecule has 0 atom stereocenters. The van der Waals surface area contributed by atoms with E-state index in [2.05, 4.69) is 20.8 Å². The predicted octanol–water partition coefficient (Wildman–Crippen LogP) is 4.60. The van der Waals surface area contributed by atoms with Crippen LogP contribution < -0.4 is 5.32 Å². The second-order valence-corrected chi connectivity index (χ2v) is 9.60. The number of aryl methyl sites for hydroxylation is 1. The van der Waals surface area contributed by atoms with E-state index in [0.29, 0.717) is 33.8 Å². The topological polar surface area (TPSA) is 72.7 Å². The molecule has 0 fully saturated rings. The molecule has 0 aliphatic heterocycles. The molecule has 1 amide bonds. The summed E-state index contributed by atoms with van der Waals surface area (Å²) in [6, 6.07) is 10.4. The first-order chi connectivity index (χ1) is 13.8. The number of nitrogens with one attached hydrogen (secondary N) is 1. The van der Waals surface area contributed by atoms with Gasteiger partial charge in [0, 0.05) is 16.5 Å². The second-order valence-electron chi connectivity index (χ2n) is 9.60. The van der Waals surface area contributed by atoms with Gasteiger partial charge in [-0.05, 0) is 79.1 Å². The molecular weight excluding hydrogens is 381 g/mol. The molecule has 0 saturated heterocycles. The van der Waals surface area contributed by atoms with E-state index in [0.717, 1.165) is 0 Å². The minimum absolute atomic E-state index is 0.219. The van der Waals surface area contributed by atoms with Crippen molar-refractivity contribution in [3.63, 3.8) is 0 Å². The highest BCUT2D eigenvalue weighted by molar-refractivity contribution is 5.96. The fourth-order valence-corrected chi connectivity index (χ4v) is 3.05. The minimum atomic E-state index is -0.394. The summed E-state index contributed by atoms with van der Waals surface area (Å²) >= 11 is 0. The molecule has 0 aliphatic rings. The number of tetrazole rings is 1. The number of carbonyl (C=O) groups is 1. The molecule has 0 unspecified atom stereocenters. The SMILES string of the molecule is Cc1ccc(-c2cc(C(=O)NC(C)(C)C)cc(-n3nnnc3C(C)(C)C)c2)cc1F. The van der Waals surface area contributed by atoms with Crippen molar-refractivity contribution in [2.75, 3.05) is 0 Å². The van der Waals surface area contributed by atoms with Crippen LogP contribution in [0.2, 0.25) is 0 Å². The third-order valence-corrected chi connectivity index (χ3v) is 4.56. The Morgan fingerprint density at radius 3 is 2.30 bits per heavy atom. The van der Waals surface area contributed by atoms with E-state index in [1.807, 2.05) is 53.7 Å². The largest absolute Gasteiger partial charge is 0.347 e. The second kappa shape index (κ2) is 7.63. The molecular formula is C23H28FN5O. The summed E-state index contributed by atoms with van der Waals surface area (Å²) in [7, 11) is 0. The Balaban J connectivity index is 2.20. The van der Waals surface area contributed by atoms with E-state index in [9.17, 15) is 9.18 Å². The van der Waals surface area contributed by atoms with E-state index in [1.54, 1.807) is 29.8 Å². The molecule has 158 valence electrons. The zero-order valence-corrected chi connectivity index (χ0v) is 18.5. The molecule has 6 nitrogen and oxygen atoms in total. The maximum absolute atomic E-state index is 14.2. The van der Waals surface area contributed by atoms with Crippen molar-refractivity contribution in [3.8, 4) is 16.8 Å². The number of aromatic nitrogens is 4. The summed E-state index contributed by atoms with van der Waals surface area (Å²) in [6.07, 6.45) is 0. The summed E-state index contributed by atoms with van der Waals surface area (Å²) in [4.78, 5) is 12.9. The van der Waals surface area contributed by atoms with Gasteiger partial charge in [-0.15, -0.1) is 5.10 Å². The fraction of sp³-hybridized carbons (Fsp3) is 0.391. The van der Waals surface area contributed by atoms with Crippen molar-refractivity contribution in [2.24, 2.45) is 0 Å². The molecule has 1 aromatic heterocycles. The van der Waals surface area contributed by atoms with Crippen LogP contribution in [-0.4, -0.2) is 31.7 Å². The lowest BCUT2D eigenvalue weighted by atomic mass is 9.95. The van der Waals surface area contributed by atoms with Gasteiger partial charge < -0.3 is 5.32 Å². The molecule has 3 rings (SSSR count). The average Bonchev–Trinajstić information content (AvgIpc) is 3.12. The summed E-state index contributed by atoms with van der Waals surface area (Å²) in [6.45, 7) is 13.5. The zero-order chi connectivity index (χ0) is 22.3. The van der Waals surface area contributed by atoms with E-state index < -0.39 is 5.54 Å². The quantitative estimate of drug-likeness (QED) is 0.686. The summed E-state index contributed by atoms with van der Waals surface area (Å²) in [5.74, 6) is 0.150. The minimum Gasteiger partial charge on any atom is -0.347 e. The molecule has 0 spiro atoms. The van der Waals surface area contributed by atoms with E-state index in [4.69, 9.17) is 0 Å². The predicted molar refractivity (Wildman–Crippen MR) is 115 cm³/mol. The molecule has 0 aliphatic carbocycles. The number of hydrogen-bond acceptors (Lipinski definition) is 4. The normalized spacial score (nSPS) is 12.1. The van der Waals surface area contributed by atoms with Crippen LogP contribution in [0.15, 0.2) is 36.4 Å². The first-order valence-electron chi connectivity index (χ1n) is 9.88. The summed E-state index contributed by atoms with van der Waals surface area (Å²) in [5, 5.41) is 15.1. The van der Waals surface area contributed by atoms with Crippen molar-refractivity contribution in [3.05, 3.63) is 59.2 Å². The van der Waals surface area contributed by atoms with Crippen LogP contribution in [0.3, 0.4) is 0 Å². The first kappa shape index (κ1) is 21.6. The molecule has 0 bridgehead atoms. The van der Waals surface area contributed by atoms with Crippen LogP contribution in [0.25, 0.3) is 16.8 Å². The van der Waals surface area contributed by atoms with Gasteiger partial charge in [0.25, 0.3) is 5.91 Å². The van der Waals surface area contributed by atoms with Crippen LogP contribution >= 0.6 is 0 Å². The molecule has 3 aromatic rings. The number of benzene rings is 2. The highest BCUT2D eigenvalue weighted by Gasteiger charge is 2.24. The molecule has 0 saturated carbocycles. The maximum Gasteiger partial charge on any atom is 0.251 e. The average molecular weight is 410 g/mol.